The minimum Gasteiger partial charge on any atom is -0.476 e. The van der Waals surface area contributed by atoms with E-state index < -0.39 is 5.97 Å². The lowest BCUT2D eigenvalue weighted by molar-refractivity contribution is 0.0691. The zero-order valence-electron chi connectivity index (χ0n) is 9.64. The van der Waals surface area contributed by atoms with Crippen LogP contribution in [0.4, 0.5) is 5.13 Å². The molecule has 1 heterocycles. The van der Waals surface area contributed by atoms with E-state index in [4.69, 9.17) is 5.11 Å². The van der Waals surface area contributed by atoms with Crippen molar-refractivity contribution in [2.45, 2.75) is 32.6 Å². The smallest absolute Gasteiger partial charge is 0.355 e. The first-order valence-electron chi connectivity index (χ1n) is 5.65. The number of thiazole rings is 1. The molecule has 2 N–H and O–H groups in total. The summed E-state index contributed by atoms with van der Waals surface area (Å²) in [6.07, 6.45) is 4.48. The van der Waals surface area contributed by atoms with Gasteiger partial charge in [0.1, 0.15) is 0 Å². The normalized spacial score (nSPS) is 22.6. The summed E-state index contributed by atoms with van der Waals surface area (Å²) in [7, 11) is 0. The van der Waals surface area contributed by atoms with Crippen molar-refractivity contribution in [1.82, 2.24) is 4.98 Å². The molecule has 1 fully saturated rings. The molecule has 5 nitrogen and oxygen atoms in total. The second-order valence-electron chi connectivity index (χ2n) is 4.33. The average Bonchev–Trinajstić information content (AvgIpc) is 2.75. The Morgan fingerprint density at radius 2 is 2.53 bits per heavy atom. The Bertz CT molecular complexity index is 442. The number of carboxylic acid groups (broad SMARTS) is 1. The Morgan fingerprint density at radius 3 is 3.18 bits per heavy atom. The molecule has 17 heavy (non-hydrogen) atoms. The van der Waals surface area contributed by atoms with Gasteiger partial charge in [-0.15, -0.1) is 11.3 Å². The Hall–Kier alpha value is -1.43. The van der Waals surface area contributed by atoms with Crippen molar-refractivity contribution in [2.75, 3.05) is 5.43 Å². The van der Waals surface area contributed by atoms with E-state index in [0.717, 1.165) is 18.6 Å². The molecule has 1 unspecified atom stereocenters. The van der Waals surface area contributed by atoms with Crippen LogP contribution in [-0.2, 0) is 0 Å². The standard InChI is InChI=1S/C11H15N3O2S/c1-7-3-2-4-8(5-7)13-14-11-12-9(6-17-11)10(15)16/h6-7H,2-5H2,1H3,(H,12,14)(H,15,16)/b13-8+. The third kappa shape index (κ3) is 3.26. The second kappa shape index (κ2) is 5.27. The highest BCUT2D eigenvalue weighted by Crippen LogP contribution is 2.22. The molecule has 0 saturated heterocycles. The summed E-state index contributed by atoms with van der Waals surface area (Å²) in [5, 5.41) is 15.1. The summed E-state index contributed by atoms with van der Waals surface area (Å²) in [4.78, 5) is 14.6. The predicted molar refractivity (Wildman–Crippen MR) is 67.8 cm³/mol. The van der Waals surface area contributed by atoms with Crippen molar-refractivity contribution >= 4 is 28.1 Å². The number of aromatic nitrogens is 1. The van der Waals surface area contributed by atoms with Crippen LogP contribution in [0.25, 0.3) is 0 Å². The molecular weight excluding hydrogens is 238 g/mol. The van der Waals surface area contributed by atoms with Gasteiger partial charge in [-0.2, -0.15) is 5.10 Å². The fraction of sp³-hybridized carbons (Fsp3) is 0.545. The van der Waals surface area contributed by atoms with Crippen LogP contribution in [0, 0.1) is 5.92 Å². The van der Waals surface area contributed by atoms with Crippen molar-refractivity contribution in [2.24, 2.45) is 11.0 Å². The molecule has 1 aliphatic rings. The molecule has 92 valence electrons. The first-order valence-corrected chi connectivity index (χ1v) is 6.53. The summed E-state index contributed by atoms with van der Waals surface area (Å²) >= 11 is 1.26. The van der Waals surface area contributed by atoms with Crippen LogP contribution in [0.3, 0.4) is 0 Å². The molecule has 0 aromatic carbocycles. The maximum Gasteiger partial charge on any atom is 0.355 e. The van der Waals surface area contributed by atoms with E-state index in [1.165, 1.54) is 29.6 Å². The highest BCUT2D eigenvalue weighted by atomic mass is 32.1. The molecule has 0 spiro atoms. The van der Waals surface area contributed by atoms with Crippen LogP contribution in [-0.4, -0.2) is 21.8 Å². The average molecular weight is 253 g/mol. The van der Waals surface area contributed by atoms with E-state index in [1.807, 2.05) is 0 Å². The topological polar surface area (TPSA) is 74.6 Å². The van der Waals surface area contributed by atoms with Crippen LogP contribution in [0.1, 0.15) is 43.1 Å². The summed E-state index contributed by atoms with van der Waals surface area (Å²) in [5.74, 6) is -0.316. The van der Waals surface area contributed by atoms with Crippen LogP contribution in [0.15, 0.2) is 10.5 Å². The molecule has 1 aromatic rings. The van der Waals surface area contributed by atoms with Gasteiger partial charge in [0.15, 0.2) is 5.69 Å². The van der Waals surface area contributed by atoms with Gasteiger partial charge in [-0.3, -0.25) is 5.43 Å². The number of carbonyl (C=O) groups is 1. The van der Waals surface area contributed by atoms with Crippen LogP contribution in [0.5, 0.6) is 0 Å². The minimum atomic E-state index is -1.01. The number of nitrogens with one attached hydrogen (secondary N) is 1. The molecular formula is C11H15N3O2S. The zero-order chi connectivity index (χ0) is 12.3. The largest absolute Gasteiger partial charge is 0.476 e. The van der Waals surface area contributed by atoms with Gasteiger partial charge in [0.05, 0.1) is 0 Å². The molecule has 1 aliphatic carbocycles. The van der Waals surface area contributed by atoms with E-state index in [1.54, 1.807) is 0 Å². The van der Waals surface area contributed by atoms with Crippen molar-refractivity contribution < 1.29 is 9.90 Å². The van der Waals surface area contributed by atoms with Gasteiger partial charge < -0.3 is 5.11 Å². The van der Waals surface area contributed by atoms with Crippen molar-refractivity contribution in [3.8, 4) is 0 Å². The van der Waals surface area contributed by atoms with Gasteiger partial charge in [-0.1, -0.05) is 6.92 Å². The van der Waals surface area contributed by atoms with Crippen molar-refractivity contribution in [3.63, 3.8) is 0 Å². The molecule has 2 rings (SSSR count). The van der Waals surface area contributed by atoms with Gasteiger partial charge in [0, 0.05) is 11.1 Å². The number of nitrogens with zero attached hydrogens (tertiary/aromatic N) is 2. The van der Waals surface area contributed by atoms with E-state index >= 15 is 0 Å². The summed E-state index contributed by atoms with van der Waals surface area (Å²) < 4.78 is 0. The Labute approximate surface area is 104 Å². The Morgan fingerprint density at radius 1 is 1.71 bits per heavy atom. The fourth-order valence-corrected chi connectivity index (χ4v) is 2.54. The van der Waals surface area contributed by atoms with E-state index in [-0.39, 0.29) is 5.69 Å². The highest BCUT2D eigenvalue weighted by Gasteiger charge is 2.14. The van der Waals surface area contributed by atoms with Gasteiger partial charge in [-0.25, -0.2) is 9.78 Å². The first kappa shape index (κ1) is 12.0. The Balaban J connectivity index is 1.96. The fourth-order valence-electron chi connectivity index (χ4n) is 1.91. The van der Waals surface area contributed by atoms with Crippen LogP contribution < -0.4 is 5.43 Å². The number of hydrazone groups is 1. The molecule has 1 saturated carbocycles. The van der Waals surface area contributed by atoms with Crippen LogP contribution >= 0.6 is 11.3 Å². The van der Waals surface area contributed by atoms with E-state index in [0.29, 0.717) is 11.0 Å². The summed E-state index contributed by atoms with van der Waals surface area (Å²) in [5.41, 5.74) is 4.06. The predicted octanol–water partition coefficient (Wildman–Crippen LogP) is 2.82. The highest BCUT2D eigenvalue weighted by molar-refractivity contribution is 7.13. The van der Waals surface area contributed by atoms with E-state index in [2.05, 4.69) is 22.4 Å². The second-order valence-corrected chi connectivity index (χ2v) is 5.19. The van der Waals surface area contributed by atoms with E-state index in [9.17, 15) is 4.79 Å². The summed E-state index contributed by atoms with van der Waals surface area (Å²) in [6.45, 7) is 2.22. The number of hydrogen-bond acceptors (Lipinski definition) is 5. The monoisotopic (exact) mass is 253 g/mol. The zero-order valence-corrected chi connectivity index (χ0v) is 10.5. The van der Waals surface area contributed by atoms with Gasteiger partial charge in [0.2, 0.25) is 5.13 Å². The SMILES string of the molecule is CC1CCC/C(=N\Nc2nc(C(=O)O)cs2)C1. The number of hydrogen-bond donors (Lipinski definition) is 2. The number of rotatable bonds is 3. The minimum absolute atomic E-state index is 0.0645. The number of aromatic carboxylic acids is 1. The maximum atomic E-state index is 10.6. The Kier molecular flexibility index (Phi) is 3.73. The van der Waals surface area contributed by atoms with Crippen molar-refractivity contribution in [1.29, 1.82) is 0 Å². The molecule has 1 atom stereocenters. The number of carboxylic acids is 1. The lowest BCUT2D eigenvalue weighted by Gasteiger charge is -2.18. The third-order valence-corrected chi connectivity index (χ3v) is 3.53. The molecule has 0 bridgehead atoms. The molecule has 6 heteroatoms. The van der Waals surface area contributed by atoms with Crippen molar-refractivity contribution in [3.05, 3.63) is 11.1 Å². The van der Waals surface area contributed by atoms with Gasteiger partial charge in [0.25, 0.3) is 0 Å². The lowest BCUT2D eigenvalue weighted by Crippen LogP contribution is -2.14. The molecule has 0 aliphatic heterocycles. The number of anilines is 1. The van der Waals surface area contributed by atoms with Crippen LogP contribution in [0.2, 0.25) is 0 Å². The third-order valence-electron chi connectivity index (χ3n) is 2.78. The lowest BCUT2D eigenvalue weighted by atomic mass is 9.89. The van der Waals surface area contributed by atoms with Gasteiger partial charge in [-0.05, 0) is 31.6 Å². The van der Waals surface area contributed by atoms with Gasteiger partial charge >= 0.3 is 5.97 Å². The molecule has 1 aromatic heterocycles. The first-order chi connectivity index (χ1) is 8.15. The maximum absolute atomic E-state index is 10.6. The summed E-state index contributed by atoms with van der Waals surface area (Å²) in [6, 6.07) is 0. The molecule has 0 amide bonds. The quantitative estimate of drug-likeness (QED) is 0.812. The molecule has 0 radical (unpaired) electrons.